The van der Waals surface area contributed by atoms with E-state index >= 15 is 0 Å². The van der Waals surface area contributed by atoms with Gasteiger partial charge in [-0.1, -0.05) is 163 Å². The molecule has 5 aromatic rings. The number of esters is 1. The summed E-state index contributed by atoms with van der Waals surface area (Å²) < 4.78 is 29.5. The third kappa shape index (κ3) is 7.45. The topological polar surface area (TPSA) is 129 Å². The molecular weight excluding hydrogens is 741 g/mol. The minimum absolute atomic E-state index is 0.202. The fourth-order valence-corrected chi connectivity index (χ4v) is 17.7. The van der Waals surface area contributed by atoms with Gasteiger partial charge >= 0.3 is 11.7 Å². The number of carbonyl (C=O) groups excluding carboxylic acids is 1. The van der Waals surface area contributed by atoms with Crippen LogP contribution in [0.25, 0.3) is 0 Å². The minimum atomic E-state index is -3.48. The molecule has 294 valence electrons. The van der Waals surface area contributed by atoms with E-state index < -0.39 is 74.6 Å². The Bertz CT molecular complexity index is 2120. The summed E-state index contributed by atoms with van der Waals surface area (Å²) in [5.74, 6) is -0.640. The van der Waals surface area contributed by atoms with Crippen LogP contribution >= 0.6 is 0 Å². The molecule has 0 amide bonds. The highest BCUT2D eigenvalue weighted by molar-refractivity contribution is 7.00. The molecule has 1 aliphatic rings. The quantitative estimate of drug-likeness (QED) is 0.142. The number of nitrogens with one attached hydrogen (secondary N) is 1. The first kappa shape index (κ1) is 41.0. The molecule has 6 rings (SSSR count). The maximum absolute atomic E-state index is 13.5. The lowest BCUT2D eigenvalue weighted by molar-refractivity contribution is -0.156. The van der Waals surface area contributed by atoms with Crippen LogP contribution in [0.4, 0.5) is 0 Å². The smallest absolute Gasteiger partial charge is 0.330 e. The van der Waals surface area contributed by atoms with E-state index in [4.69, 9.17) is 18.3 Å². The van der Waals surface area contributed by atoms with Crippen LogP contribution in [0.3, 0.4) is 0 Å². The summed E-state index contributed by atoms with van der Waals surface area (Å²) in [6.07, 6.45) is -2.47. The van der Waals surface area contributed by atoms with E-state index in [0.29, 0.717) is 0 Å². The molecule has 0 radical (unpaired) electrons. The van der Waals surface area contributed by atoms with E-state index in [9.17, 15) is 19.5 Å². The van der Waals surface area contributed by atoms with Gasteiger partial charge in [0.15, 0.2) is 12.3 Å². The van der Waals surface area contributed by atoms with Crippen LogP contribution in [-0.4, -0.2) is 68.3 Å². The molecule has 1 saturated heterocycles. The van der Waals surface area contributed by atoms with Crippen molar-refractivity contribution in [3.63, 3.8) is 0 Å². The molecule has 0 spiro atoms. The van der Waals surface area contributed by atoms with Crippen LogP contribution in [-0.2, 0) is 23.1 Å². The van der Waals surface area contributed by atoms with Gasteiger partial charge in [-0.05, 0) is 30.8 Å². The van der Waals surface area contributed by atoms with Crippen molar-refractivity contribution in [1.82, 2.24) is 9.55 Å². The number of benzene rings is 4. The van der Waals surface area contributed by atoms with Gasteiger partial charge in [0.2, 0.25) is 0 Å². The first-order valence-electron chi connectivity index (χ1n) is 18.9. The predicted octanol–water partition coefficient (Wildman–Crippen LogP) is 4.25. The maximum Gasteiger partial charge on any atom is 0.330 e. The molecule has 1 fully saturated rings. The molecule has 2 N–H and O–H groups in total. The Morgan fingerprint density at radius 3 is 1.54 bits per heavy atom. The van der Waals surface area contributed by atoms with Gasteiger partial charge in [0, 0.05) is 19.2 Å². The first-order valence-corrected chi connectivity index (χ1v) is 22.7. The van der Waals surface area contributed by atoms with Crippen molar-refractivity contribution in [2.24, 2.45) is 0 Å². The summed E-state index contributed by atoms with van der Waals surface area (Å²) in [6, 6.07) is 41.4. The van der Waals surface area contributed by atoms with E-state index in [2.05, 4.69) is 70.8 Å². The molecule has 0 saturated carbocycles. The van der Waals surface area contributed by atoms with Crippen molar-refractivity contribution in [3.8, 4) is 0 Å². The van der Waals surface area contributed by atoms with Crippen molar-refractivity contribution in [3.05, 3.63) is 154 Å². The Morgan fingerprint density at radius 1 is 0.732 bits per heavy atom. The van der Waals surface area contributed by atoms with E-state index in [1.54, 1.807) is 0 Å². The molecule has 2 heterocycles. The number of H-pyrrole nitrogens is 1. The van der Waals surface area contributed by atoms with Crippen LogP contribution in [0, 0.1) is 0 Å². The fourth-order valence-electron chi connectivity index (χ4n) is 8.32. The molecule has 0 bridgehead atoms. The highest BCUT2D eigenvalue weighted by atomic mass is 28.4. The highest BCUT2D eigenvalue weighted by Gasteiger charge is 2.64. The summed E-state index contributed by atoms with van der Waals surface area (Å²) in [7, 11) is -6.74. The lowest BCUT2D eigenvalue weighted by Crippen LogP contribution is -2.72. The largest absolute Gasteiger partial charge is 0.455 e. The third-order valence-electron chi connectivity index (χ3n) is 10.8. The van der Waals surface area contributed by atoms with Crippen LogP contribution in [0.2, 0.25) is 10.1 Å². The van der Waals surface area contributed by atoms with Gasteiger partial charge in [-0.2, -0.15) is 0 Å². The molecule has 0 aliphatic carbocycles. The first-order chi connectivity index (χ1) is 26.6. The van der Waals surface area contributed by atoms with Gasteiger partial charge in [-0.15, -0.1) is 0 Å². The lowest BCUT2D eigenvalue weighted by Gasteiger charge is -2.49. The van der Waals surface area contributed by atoms with E-state index in [1.165, 1.54) is 23.8 Å². The maximum atomic E-state index is 13.5. The zero-order valence-electron chi connectivity index (χ0n) is 33.1. The number of carbonyl (C=O) groups is 1. The average molecular weight is 793 g/mol. The third-order valence-corrected chi connectivity index (χ3v) is 20.8. The van der Waals surface area contributed by atoms with Gasteiger partial charge in [-0.25, -0.2) is 4.79 Å². The highest BCUT2D eigenvalue weighted by Crippen LogP contribution is 2.47. The van der Waals surface area contributed by atoms with Crippen LogP contribution in [0.1, 0.15) is 54.7 Å². The molecule has 4 aromatic carbocycles. The summed E-state index contributed by atoms with van der Waals surface area (Å²) in [4.78, 5) is 41.3. The molecule has 10 nitrogen and oxygen atoms in total. The molecule has 4 atom stereocenters. The predicted molar refractivity (Wildman–Crippen MR) is 223 cm³/mol. The number of aromatic amines is 1. The Balaban J connectivity index is 1.63. The number of ether oxygens (including phenoxy) is 2. The molecule has 56 heavy (non-hydrogen) atoms. The molecular formula is C44H52N2O8Si2. The number of aromatic nitrogens is 2. The van der Waals surface area contributed by atoms with Crippen molar-refractivity contribution in [2.45, 2.75) is 82.6 Å². The number of hydrogen-bond acceptors (Lipinski definition) is 8. The molecule has 1 aliphatic heterocycles. The van der Waals surface area contributed by atoms with E-state index in [-0.39, 0.29) is 6.61 Å². The van der Waals surface area contributed by atoms with E-state index in [0.717, 1.165) is 20.7 Å². The number of aliphatic hydroxyl groups is 1. The number of rotatable bonds is 12. The van der Waals surface area contributed by atoms with Gasteiger partial charge in [0.05, 0.1) is 13.2 Å². The Hall–Kier alpha value is -4.70. The van der Waals surface area contributed by atoms with Crippen LogP contribution in [0.15, 0.2) is 143 Å². The number of hydrogen-bond donors (Lipinski definition) is 2. The van der Waals surface area contributed by atoms with Crippen molar-refractivity contribution < 1.29 is 28.2 Å². The van der Waals surface area contributed by atoms with Crippen molar-refractivity contribution in [1.29, 1.82) is 0 Å². The second-order valence-electron chi connectivity index (χ2n) is 16.5. The van der Waals surface area contributed by atoms with Crippen molar-refractivity contribution >= 4 is 43.4 Å². The lowest BCUT2D eigenvalue weighted by atomic mass is 9.97. The van der Waals surface area contributed by atoms with Crippen LogP contribution < -0.4 is 32.0 Å². The van der Waals surface area contributed by atoms with Gasteiger partial charge in [0.1, 0.15) is 11.7 Å². The Morgan fingerprint density at radius 2 is 1.16 bits per heavy atom. The summed E-state index contributed by atoms with van der Waals surface area (Å²) in [6.45, 7) is 13.3. The Labute approximate surface area is 330 Å². The molecule has 1 aromatic heterocycles. The Kier molecular flexibility index (Phi) is 11.7. The normalized spacial score (nSPS) is 20.5. The summed E-state index contributed by atoms with van der Waals surface area (Å²) in [5, 5.41) is 14.8. The van der Waals surface area contributed by atoms with E-state index in [1.807, 2.05) is 97.1 Å². The zero-order chi connectivity index (χ0) is 40.4. The number of nitrogens with zero attached hydrogens (tertiary/aromatic N) is 1. The van der Waals surface area contributed by atoms with Crippen molar-refractivity contribution in [2.75, 3.05) is 13.2 Å². The van der Waals surface area contributed by atoms with Gasteiger partial charge in [-0.3, -0.25) is 19.1 Å². The monoisotopic (exact) mass is 792 g/mol. The molecule has 12 heteroatoms. The fraction of sp³-hybridized carbons (Fsp3) is 0.341. The standard InChI is InChI=1S/C44H52N2O8Si2/c1-32(48)52-38-39(54-56(43(5,6)7,35-24-16-10-17-25-35)36-26-18-11-19-27-36)44(30-47,53-40(38)46-29-28-37(49)45-41(46)50)31-51-55(42(2,3)4,33-20-12-8-13-21-33)34-22-14-9-15-23-34/h8-29,38-40,47H,30-31H2,1-7H3,(H,45,49,50). The zero-order valence-corrected chi connectivity index (χ0v) is 35.1. The van der Waals surface area contributed by atoms with Gasteiger partial charge < -0.3 is 23.4 Å². The minimum Gasteiger partial charge on any atom is -0.455 e. The average Bonchev–Trinajstić information content (AvgIpc) is 3.46. The second kappa shape index (κ2) is 16.0. The molecule has 4 unspecified atom stereocenters. The summed E-state index contributed by atoms with van der Waals surface area (Å²) in [5.41, 5.74) is -3.08. The van der Waals surface area contributed by atoms with Crippen LogP contribution in [0.5, 0.6) is 0 Å². The van der Waals surface area contributed by atoms with Gasteiger partial charge in [0.25, 0.3) is 22.2 Å². The number of aliphatic hydroxyl groups excluding tert-OH is 1. The SMILES string of the molecule is CC(=O)OC1C(n2ccc(=O)[nH]c2=O)OC(CO)(CO[Si](c2ccccc2)(c2ccccc2)C(C)(C)C)C1O[Si](c1ccccc1)(c1ccccc1)C(C)(C)C. The summed E-state index contributed by atoms with van der Waals surface area (Å²) >= 11 is 0. The second-order valence-corrected chi connectivity index (χ2v) is 25.0.